The molecule has 0 aromatic rings. The number of carbonyl (C=O) groups is 1. The lowest BCUT2D eigenvalue weighted by molar-refractivity contribution is -0.137. The SMILES string of the molecule is CCCCCC(O)CS[C@H]1[C@H](O)CC(O)[C@@H]1CCCCCCC(=O)O. The fraction of sp³-hybridized carbons (Fsp3) is 0.947. The zero-order chi connectivity index (χ0) is 18.7. The molecular formula is C19H36O5S. The number of aliphatic carboxylic acids is 1. The first-order valence-electron chi connectivity index (χ1n) is 9.83. The highest BCUT2D eigenvalue weighted by Gasteiger charge is 2.41. The van der Waals surface area contributed by atoms with Crippen LogP contribution in [0, 0.1) is 5.92 Å². The van der Waals surface area contributed by atoms with Crippen LogP contribution >= 0.6 is 11.8 Å². The van der Waals surface area contributed by atoms with Gasteiger partial charge in [0, 0.05) is 23.8 Å². The highest BCUT2D eigenvalue weighted by Crippen LogP contribution is 2.39. The highest BCUT2D eigenvalue weighted by atomic mass is 32.2. The second-order valence-electron chi connectivity index (χ2n) is 7.33. The van der Waals surface area contributed by atoms with E-state index in [1.807, 2.05) is 0 Å². The highest BCUT2D eigenvalue weighted by molar-refractivity contribution is 8.00. The van der Waals surface area contributed by atoms with E-state index < -0.39 is 18.2 Å². The van der Waals surface area contributed by atoms with Crippen molar-refractivity contribution in [1.29, 1.82) is 0 Å². The van der Waals surface area contributed by atoms with Gasteiger partial charge in [-0.3, -0.25) is 4.79 Å². The second-order valence-corrected chi connectivity index (χ2v) is 8.54. The summed E-state index contributed by atoms with van der Waals surface area (Å²) in [6, 6.07) is 0. The molecule has 1 fully saturated rings. The van der Waals surface area contributed by atoms with Gasteiger partial charge < -0.3 is 20.4 Å². The molecule has 5 atom stereocenters. The first kappa shape index (κ1) is 22.7. The topological polar surface area (TPSA) is 98.0 Å². The van der Waals surface area contributed by atoms with E-state index in [2.05, 4.69) is 6.92 Å². The van der Waals surface area contributed by atoms with Gasteiger partial charge in [0.05, 0.1) is 18.3 Å². The minimum absolute atomic E-state index is 0.00477. The molecule has 1 rings (SSSR count). The third-order valence-corrected chi connectivity index (χ3v) is 6.70. The van der Waals surface area contributed by atoms with Crippen molar-refractivity contribution in [3.63, 3.8) is 0 Å². The molecule has 0 spiro atoms. The van der Waals surface area contributed by atoms with Gasteiger partial charge in [0.2, 0.25) is 0 Å². The summed E-state index contributed by atoms with van der Waals surface area (Å²) in [7, 11) is 0. The van der Waals surface area contributed by atoms with Gasteiger partial charge >= 0.3 is 5.97 Å². The van der Waals surface area contributed by atoms with E-state index in [1.165, 1.54) is 0 Å². The number of thioether (sulfide) groups is 1. The summed E-state index contributed by atoms with van der Waals surface area (Å²) in [6.45, 7) is 2.14. The van der Waals surface area contributed by atoms with E-state index in [9.17, 15) is 20.1 Å². The molecule has 0 radical (unpaired) electrons. The molecule has 1 saturated carbocycles. The summed E-state index contributed by atoms with van der Waals surface area (Å²) in [5, 5.41) is 39.2. The summed E-state index contributed by atoms with van der Waals surface area (Å²) in [6.07, 6.45) is 7.82. The maximum Gasteiger partial charge on any atom is 0.303 e. The van der Waals surface area contributed by atoms with Crippen molar-refractivity contribution in [3.8, 4) is 0 Å². The van der Waals surface area contributed by atoms with Gasteiger partial charge in [-0.1, -0.05) is 45.4 Å². The number of hydrogen-bond donors (Lipinski definition) is 4. The lowest BCUT2D eigenvalue weighted by Gasteiger charge is -2.24. The van der Waals surface area contributed by atoms with E-state index >= 15 is 0 Å². The molecule has 0 aliphatic heterocycles. The van der Waals surface area contributed by atoms with Crippen LogP contribution in [0.15, 0.2) is 0 Å². The molecule has 0 aromatic heterocycles. The van der Waals surface area contributed by atoms with Gasteiger partial charge in [0.1, 0.15) is 0 Å². The summed E-state index contributed by atoms with van der Waals surface area (Å²) in [5.74, 6) is -0.0570. The molecule has 25 heavy (non-hydrogen) atoms. The largest absolute Gasteiger partial charge is 0.481 e. The van der Waals surface area contributed by atoms with Crippen LogP contribution in [0.5, 0.6) is 0 Å². The quantitative estimate of drug-likeness (QED) is 0.348. The molecule has 6 heteroatoms. The summed E-state index contributed by atoms with van der Waals surface area (Å²) in [4.78, 5) is 10.5. The van der Waals surface area contributed by atoms with Gasteiger partial charge in [-0.25, -0.2) is 0 Å². The summed E-state index contributed by atoms with van der Waals surface area (Å²) >= 11 is 1.60. The van der Waals surface area contributed by atoms with Crippen molar-refractivity contribution >= 4 is 17.7 Å². The fourth-order valence-corrected chi connectivity index (χ4v) is 5.11. The standard InChI is InChI=1S/C19H36O5S/c1-2-3-6-9-14(20)13-25-19-15(16(21)12-17(19)22)10-7-4-5-8-11-18(23)24/h14-17,19-22H,2-13H2,1H3,(H,23,24)/t14?,15-,16?,17+,19+/m0/s1. The number of rotatable bonds is 14. The number of aliphatic hydroxyl groups excluding tert-OH is 3. The number of unbranched alkanes of at least 4 members (excludes halogenated alkanes) is 5. The molecule has 1 aliphatic rings. The Morgan fingerprint density at radius 2 is 1.80 bits per heavy atom. The fourth-order valence-electron chi connectivity index (χ4n) is 3.60. The van der Waals surface area contributed by atoms with E-state index in [0.29, 0.717) is 18.6 Å². The number of aliphatic hydroxyl groups is 3. The Labute approximate surface area is 156 Å². The van der Waals surface area contributed by atoms with Crippen LogP contribution in [0.3, 0.4) is 0 Å². The van der Waals surface area contributed by atoms with E-state index in [0.717, 1.165) is 51.4 Å². The lowest BCUT2D eigenvalue weighted by Crippen LogP contribution is -2.27. The van der Waals surface area contributed by atoms with E-state index in [4.69, 9.17) is 5.11 Å². The Morgan fingerprint density at radius 1 is 1.08 bits per heavy atom. The first-order chi connectivity index (χ1) is 12.0. The van der Waals surface area contributed by atoms with Crippen molar-refractivity contribution in [3.05, 3.63) is 0 Å². The minimum atomic E-state index is -0.747. The molecule has 0 amide bonds. The van der Waals surface area contributed by atoms with E-state index in [1.54, 1.807) is 11.8 Å². The normalized spacial score (nSPS) is 27.5. The Morgan fingerprint density at radius 3 is 2.48 bits per heavy atom. The monoisotopic (exact) mass is 376 g/mol. The molecule has 148 valence electrons. The predicted octanol–water partition coefficient (Wildman–Crippen LogP) is 3.20. The molecule has 4 N–H and O–H groups in total. The molecule has 0 saturated heterocycles. The Balaban J connectivity index is 2.28. The van der Waals surface area contributed by atoms with Gasteiger partial charge in [0.15, 0.2) is 0 Å². The molecule has 2 unspecified atom stereocenters. The maximum atomic E-state index is 10.5. The maximum absolute atomic E-state index is 10.5. The number of hydrogen-bond acceptors (Lipinski definition) is 5. The molecule has 0 bridgehead atoms. The van der Waals surface area contributed by atoms with E-state index in [-0.39, 0.29) is 23.7 Å². The Bertz CT molecular complexity index is 366. The molecule has 5 nitrogen and oxygen atoms in total. The van der Waals surface area contributed by atoms with Crippen LogP contribution in [0.4, 0.5) is 0 Å². The lowest BCUT2D eigenvalue weighted by atomic mass is 9.97. The minimum Gasteiger partial charge on any atom is -0.481 e. The van der Waals surface area contributed by atoms with Crippen molar-refractivity contribution in [2.45, 2.75) is 101 Å². The van der Waals surface area contributed by atoms with Gasteiger partial charge in [-0.05, 0) is 25.2 Å². The van der Waals surface area contributed by atoms with Gasteiger partial charge in [-0.15, -0.1) is 0 Å². The summed E-state index contributed by atoms with van der Waals surface area (Å²) < 4.78 is 0. The van der Waals surface area contributed by atoms with Gasteiger partial charge in [0.25, 0.3) is 0 Å². The number of carboxylic acids is 1. The molecule has 1 aliphatic carbocycles. The molecule has 0 aromatic carbocycles. The smallest absolute Gasteiger partial charge is 0.303 e. The van der Waals surface area contributed by atoms with Crippen molar-refractivity contribution in [1.82, 2.24) is 0 Å². The Hall–Kier alpha value is -0.300. The van der Waals surface area contributed by atoms with Crippen LogP contribution in [0.25, 0.3) is 0 Å². The molecule has 0 heterocycles. The zero-order valence-electron chi connectivity index (χ0n) is 15.5. The third-order valence-electron chi connectivity index (χ3n) is 5.08. The first-order valence-corrected chi connectivity index (χ1v) is 10.9. The third kappa shape index (κ3) is 9.27. The summed E-state index contributed by atoms with van der Waals surface area (Å²) in [5.41, 5.74) is 0. The zero-order valence-corrected chi connectivity index (χ0v) is 16.3. The van der Waals surface area contributed by atoms with Crippen LogP contribution in [-0.2, 0) is 4.79 Å². The van der Waals surface area contributed by atoms with Crippen LogP contribution in [-0.4, -0.2) is 55.7 Å². The second kappa shape index (κ2) is 13.0. The van der Waals surface area contributed by atoms with Crippen molar-refractivity contribution in [2.24, 2.45) is 5.92 Å². The molecular weight excluding hydrogens is 340 g/mol. The Kier molecular flexibility index (Phi) is 11.8. The average molecular weight is 377 g/mol. The van der Waals surface area contributed by atoms with Crippen molar-refractivity contribution < 1.29 is 25.2 Å². The average Bonchev–Trinajstić information content (AvgIpc) is 2.82. The van der Waals surface area contributed by atoms with Crippen LogP contribution < -0.4 is 0 Å². The van der Waals surface area contributed by atoms with Crippen molar-refractivity contribution in [2.75, 3.05) is 5.75 Å². The number of carboxylic acid groups (broad SMARTS) is 1. The predicted molar refractivity (Wildman–Crippen MR) is 102 cm³/mol. The van der Waals surface area contributed by atoms with Crippen LogP contribution in [0.1, 0.15) is 77.6 Å². The van der Waals surface area contributed by atoms with Crippen LogP contribution in [0.2, 0.25) is 0 Å². The van der Waals surface area contributed by atoms with Gasteiger partial charge in [-0.2, -0.15) is 11.8 Å².